The molecule has 2 aliphatic rings. The molecule has 2 aliphatic carbocycles. The van der Waals surface area contributed by atoms with Crippen LogP contribution in [0, 0.1) is 23.7 Å². The van der Waals surface area contributed by atoms with E-state index in [2.05, 4.69) is 0 Å². The normalized spacial score (nSPS) is 45.2. The van der Waals surface area contributed by atoms with Crippen LogP contribution < -0.4 is 0 Å². The standard InChI is InChI=1S/C15H24F4/c1-9-3-8-12(14(17)13(9)16)10-4-6-11(7-5-10)15(2,18)19/h9-14H,3-8H2,1-2H3. The lowest BCUT2D eigenvalue weighted by molar-refractivity contribution is -0.0696. The first-order valence-corrected chi connectivity index (χ1v) is 7.46. The van der Waals surface area contributed by atoms with Gasteiger partial charge in [0, 0.05) is 5.92 Å². The van der Waals surface area contributed by atoms with Gasteiger partial charge in [0.05, 0.1) is 0 Å². The largest absolute Gasteiger partial charge is 0.248 e. The third-order valence-corrected chi connectivity index (χ3v) is 5.31. The third kappa shape index (κ3) is 3.25. The van der Waals surface area contributed by atoms with Crippen LogP contribution in [0.25, 0.3) is 0 Å². The quantitative estimate of drug-likeness (QED) is 0.612. The zero-order chi connectivity index (χ0) is 14.2. The first kappa shape index (κ1) is 15.1. The van der Waals surface area contributed by atoms with Gasteiger partial charge in [-0.3, -0.25) is 0 Å². The third-order valence-electron chi connectivity index (χ3n) is 5.31. The van der Waals surface area contributed by atoms with Crippen molar-refractivity contribution in [3.8, 4) is 0 Å². The van der Waals surface area contributed by atoms with Gasteiger partial charge in [0.25, 0.3) is 0 Å². The molecule has 0 spiro atoms. The molecule has 0 radical (unpaired) electrons. The van der Waals surface area contributed by atoms with E-state index in [0.29, 0.717) is 32.1 Å². The van der Waals surface area contributed by atoms with E-state index in [4.69, 9.17) is 0 Å². The van der Waals surface area contributed by atoms with Crippen LogP contribution in [0.3, 0.4) is 0 Å². The van der Waals surface area contributed by atoms with Crippen LogP contribution in [0.5, 0.6) is 0 Å². The molecule has 0 aromatic rings. The Balaban J connectivity index is 1.91. The molecular weight excluding hydrogens is 256 g/mol. The van der Waals surface area contributed by atoms with Gasteiger partial charge in [0.2, 0.25) is 5.92 Å². The Morgan fingerprint density at radius 3 is 1.95 bits per heavy atom. The van der Waals surface area contributed by atoms with Gasteiger partial charge in [-0.15, -0.1) is 0 Å². The average Bonchev–Trinajstić information content (AvgIpc) is 2.35. The second-order valence-electron chi connectivity index (χ2n) is 6.68. The summed E-state index contributed by atoms with van der Waals surface area (Å²) >= 11 is 0. The maximum absolute atomic E-state index is 14.1. The molecule has 0 aromatic carbocycles. The van der Waals surface area contributed by atoms with Crippen molar-refractivity contribution in [2.24, 2.45) is 23.7 Å². The summed E-state index contributed by atoms with van der Waals surface area (Å²) in [6.45, 7) is 2.72. The average molecular weight is 280 g/mol. The lowest BCUT2D eigenvalue weighted by Gasteiger charge is -2.41. The van der Waals surface area contributed by atoms with Crippen molar-refractivity contribution >= 4 is 0 Å². The van der Waals surface area contributed by atoms with Gasteiger partial charge in [-0.1, -0.05) is 6.92 Å². The molecule has 4 unspecified atom stereocenters. The smallest absolute Gasteiger partial charge is 0.244 e. The van der Waals surface area contributed by atoms with E-state index in [0.717, 1.165) is 13.3 Å². The number of halogens is 4. The number of alkyl halides is 4. The van der Waals surface area contributed by atoms with Gasteiger partial charge in [0.1, 0.15) is 12.3 Å². The second-order valence-corrected chi connectivity index (χ2v) is 6.68. The predicted octanol–water partition coefficient (Wildman–Crippen LogP) is 5.17. The lowest BCUT2D eigenvalue weighted by atomic mass is 9.67. The molecule has 0 N–H and O–H groups in total. The summed E-state index contributed by atoms with van der Waals surface area (Å²) in [7, 11) is 0. The zero-order valence-electron chi connectivity index (χ0n) is 11.7. The molecule has 2 rings (SSSR count). The van der Waals surface area contributed by atoms with Crippen molar-refractivity contribution in [3.63, 3.8) is 0 Å². The van der Waals surface area contributed by atoms with Crippen molar-refractivity contribution in [3.05, 3.63) is 0 Å². The minimum Gasteiger partial charge on any atom is -0.244 e. The van der Waals surface area contributed by atoms with Gasteiger partial charge in [-0.05, 0) is 63.2 Å². The second kappa shape index (κ2) is 5.61. The summed E-state index contributed by atoms with van der Waals surface area (Å²) in [6.07, 6.45) is 0.807. The Labute approximate surface area is 112 Å². The zero-order valence-corrected chi connectivity index (χ0v) is 11.7. The SMILES string of the molecule is CC1CCC(C2CCC(C(C)(F)F)CC2)C(F)C1F. The van der Waals surface area contributed by atoms with Crippen molar-refractivity contribution in [2.45, 2.75) is 70.6 Å². The van der Waals surface area contributed by atoms with Crippen molar-refractivity contribution in [2.75, 3.05) is 0 Å². The molecule has 0 aliphatic heterocycles. The molecule has 4 atom stereocenters. The molecule has 0 bridgehead atoms. The van der Waals surface area contributed by atoms with Gasteiger partial charge in [-0.25, -0.2) is 17.6 Å². The minimum atomic E-state index is -2.64. The first-order chi connectivity index (χ1) is 8.80. The van der Waals surface area contributed by atoms with E-state index >= 15 is 0 Å². The van der Waals surface area contributed by atoms with E-state index in [1.54, 1.807) is 6.92 Å². The number of hydrogen-bond acceptors (Lipinski definition) is 0. The van der Waals surface area contributed by atoms with Crippen molar-refractivity contribution < 1.29 is 17.6 Å². The van der Waals surface area contributed by atoms with E-state index in [1.807, 2.05) is 0 Å². The van der Waals surface area contributed by atoms with Crippen LogP contribution >= 0.6 is 0 Å². The molecule has 0 nitrogen and oxygen atoms in total. The Hall–Kier alpha value is -0.280. The minimum absolute atomic E-state index is 0.0966. The Morgan fingerprint density at radius 2 is 1.42 bits per heavy atom. The molecule has 2 saturated carbocycles. The van der Waals surface area contributed by atoms with Crippen LogP contribution in [0.1, 0.15) is 52.4 Å². The number of rotatable bonds is 2. The Kier molecular flexibility index (Phi) is 4.46. The number of hydrogen-bond donors (Lipinski definition) is 0. The van der Waals surface area contributed by atoms with Crippen LogP contribution in [0.2, 0.25) is 0 Å². The van der Waals surface area contributed by atoms with Gasteiger partial charge >= 0.3 is 0 Å². The van der Waals surface area contributed by atoms with Crippen LogP contribution in [0.4, 0.5) is 17.6 Å². The van der Waals surface area contributed by atoms with Crippen LogP contribution in [-0.4, -0.2) is 18.3 Å². The van der Waals surface area contributed by atoms with Gasteiger partial charge in [0.15, 0.2) is 0 Å². The lowest BCUT2D eigenvalue weighted by Crippen LogP contribution is -2.42. The fourth-order valence-electron chi connectivity index (χ4n) is 3.87. The molecule has 19 heavy (non-hydrogen) atoms. The molecule has 0 saturated heterocycles. The van der Waals surface area contributed by atoms with E-state index in [-0.39, 0.29) is 17.8 Å². The maximum Gasteiger partial charge on any atom is 0.248 e. The van der Waals surface area contributed by atoms with Crippen molar-refractivity contribution in [1.82, 2.24) is 0 Å². The highest BCUT2D eigenvalue weighted by Crippen LogP contribution is 2.46. The molecular formula is C15H24F4. The Bertz CT molecular complexity index is 291. The molecule has 0 amide bonds. The fourth-order valence-corrected chi connectivity index (χ4v) is 3.87. The predicted molar refractivity (Wildman–Crippen MR) is 67.7 cm³/mol. The van der Waals surface area contributed by atoms with E-state index < -0.39 is 24.2 Å². The van der Waals surface area contributed by atoms with Gasteiger partial charge < -0.3 is 0 Å². The maximum atomic E-state index is 14.1. The molecule has 2 fully saturated rings. The summed E-state index contributed by atoms with van der Waals surface area (Å²) in [5.74, 6) is -3.57. The summed E-state index contributed by atoms with van der Waals surface area (Å²) in [5.41, 5.74) is 0. The summed E-state index contributed by atoms with van der Waals surface area (Å²) in [4.78, 5) is 0. The topological polar surface area (TPSA) is 0 Å². The highest BCUT2D eigenvalue weighted by atomic mass is 19.3. The van der Waals surface area contributed by atoms with E-state index in [1.165, 1.54) is 0 Å². The van der Waals surface area contributed by atoms with Crippen molar-refractivity contribution in [1.29, 1.82) is 0 Å². The molecule has 112 valence electrons. The molecule has 4 heteroatoms. The van der Waals surface area contributed by atoms with E-state index in [9.17, 15) is 17.6 Å². The fraction of sp³-hybridized carbons (Fsp3) is 1.00. The Morgan fingerprint density at radius 1 is 0.842 bits per heavy atom. The summed E-state index contributed by atoms with van der Waals surface area (Å²) < 4.78 is 54.3. The first-order valence-electron chi connectivity index (χ1n) is 7.46. The van der Waals surface area contributed by atoms with Gasteiger partial charge in [-0.2, -0.15) is 0 Å². The van der Waals surface area contributed by atoms with Crippen LogP contribution in [-0.2, 0) is 0 Å². The molecule has 0 aromatic heterocycles. The summed E-state index contributed by atoms with van der Waals surface area (Å²) in [6, 6.07) is 0. The molecule has 0 heterocycles. The van der Waals surface area contributed by atoms with Crippen LogP contribution in [0.15, 0.2) is 0 Å². The highest BCUT2D eigenvalue weighted by molar-refractivity contribution is 4.92. The highest BCUT2D eigenvalue weighted by Gasteiger charge is 2.44. The summed E-state index contributed by atoms with van der Waals surface area (Å²) in [5, 5.41) is 0. The monoisotopic (exact) mass is 280 g/mol.